The number of benzene rings is 2. The van der Waals surface area contributed by atoms with Crippen molar-refractivity contribution in [2.75, 3.05) is 45.0 Å². The van der Waals surface area contributed by atoms with Gasteiger partial charge in [0.25, 0.3) is 5.91 Å². The molecular weight excluding hydrogens is 398 g/mol. The van der Waals surface area contributed by atoms with Crippen molar-refractivity contribution < 1.29 is 23.8 Å². The Kier molecular flexibility index (Phi) is 5.25. The van der Waals surface area contributed by atoms with Gasteiger partial charge in [-0.15, -0.1) is 0 Å². The van der Waals surface area contributed by atoms with Crippen molar-refractivity contribution in [1.29, 1.82) is 0 Å². The standard InChI is InChI=1S/C23H25N3O5/c1-29-19-5-3-2-4-17(19)26-22(27)13-18(23(26)28)25-10-8-24(9-11-25)14-16-6-7-20-21(12-16)31-15-30-20/h2-7,12,18H,8-11,13-15H2,1H3/t18-/m1/s1. The second-order valence-corrected chi connectivity index (χ2v) is 7.96. The zero-order valence-electron chi connectivity index (χ0n) is 17.5. The first-order valence-corrected chi connectivity index (χ1v) is 10.5. The van der Waals surface area contributed by atoms with E-state index >= 15 is 0 Å². The summed E-state index contributed by atoms with van der Waals surface area (Å²) in [5.41, 5.74) is 1.69. The zero-order valence-corrected chi connectivity index (χ0v) is 17.5. The van der Waals surface area contributed by atoms with Crippen LogP contribution in [0.5, 0.6) is 17.2 Å². The van der Waals surface area contributed by atoms with Gasteiger partial charge in [-0.05, 0) is 29.8 Å². The number of rotatable bonds is 5. The lowest BCUT2D eigenvalue weighted by Gasteiger charge is -2.37. The van der Waals surface area contributed by atoms with Gasteiger partial charge in [-0.1, -0.05) is 18.2 Å². The summed E-state index contributed by atoms with van der Waals surface area (Å²) >= 11 is 0. The molecule has 3 aliphatic heterocycles. The molecule has 0 N–H and O–H groups in total. The first kappa shape index (κ1) is 19.8. The van der Waals surface area contributed by atoms with E-state index in [1.54, 1.807) is 25.3 Å². The first-order valence-electron chi connectivity index (χ1n) is 10.5. The Morgan fingerprint density at radius 3 is 2.58 bits per heavy atom. The molecule has 8 nitrogen and oxygen atoms in total. The van der Waals surface area contributed by atoms with Crippen LogP contribution in [0.3, 0.4) is 0 Å². The van der Waals surface area contributed by atoms with Crippen molar-refractivity contribution in [1.82, 2.24) is 9.80 Å². The lowest BCUT2D eigenvalue weighted by Crippen LogP contribution is -2.52. The topological polar surface area (TPSA) is 71.6 Å². The van der Waals surface area contributed by atoms with E-state index < -0.39 is 6.04 Å². The monoisotopic (exact) mass is 423 g/mol. The van der Waals surface area contributed by atoms with E-state index in [1.165, 1.54) is 10.5 Å². The Labute approximate surface area is 180 Å². The highest BCUT2D eigenvalue weighted by atomic mass is 16.7. The molecule has 2 aromatic rings. The summed E-state index contributed by atoms with van der Waals surface area (Å²) in [6.45, 7) is 4.25. The molecule has 2 aromatic carbocycles. The molecule has 0 saturated carbocycles. The Balaban J connectivity index is 1.22. The minimum atomic E-state index is -0.412. The largest absolute Gasteiger partial charge is 0.495 e. The van der Waals surface area contributed by atoms with Gasteiger partial charge >= 0.3 is 0 Å². The normalized spacial score (nSPS) is 21.7. The highest BCUT2D eigenvalue weighted by Crippen LogP contribution is 2.34. The summed E-state index contributed by atoms with van der Waals surface area (Å²) in [5.74, 6) is 1.76. The third-order valence-corrected chi connectivity index (χ3v) is 6.14. The van der Waals surface area contributed by atoms with Crippen molar-refractivity contribution in [3.8, 4) is 17.2 Å². The van der Waals surface area contributed by atoms with Crippen LogP contribution in [0.15, 0.2) is 42.5 Å². The predicted molar refractivity (Wildman–Crippen MR) is 113 cm³/mol. The number of fused-ring (bicyclic) bond motifs is 1. The van der Waals surface area contributed by atoms with Crippen LogP contribution in [0.2, 0.25) is 0 Å². The summed E-state index contributed by atoms with van der Waals surface area (Å²) in [5, 5.41) is 0. The second kappa shape index (κ2) is 8.20. The highest BCUT2D eigenvalue weighted by molar-refractivity contribution is 6.23. The van der Waals surface area contributed by atoms with Crippen molar-refractivity contribution in [3.63, 3.8) is 0 Å². The number of piperazine rings is 1. The lowest BCUT2D eigenvalue weighted by atomic mass is 10.1. The highest BCUT2D eigenvalue weighted by Gasteiger charge is 2.44. The molecule has 31 heavy (non-hydrogen) atoms. The molecule has 162 valence electrons. The maximum Gasteiger partial charge on any atom is 0.251 e. The smallest absolute Gasteiger partial charge is 0.251 e. The molecule has 5 rings (SSSR count). The molecule has 0 aliphatic carbocycles. The number of carbonyl (C=O) groups is 2. The van der Waals surface area contributed by atoms with E-state index in [-0.39, 0.29) is 25.0 Å². The quantitative estimate of drug-likeness (QED) is 0.680. The summed E-state index contributed by atoms with van der Waals surface area (Å²) in [6.07, 6.45) is 0.207. The van der Waals surface area contributed by atoms with E-state index in [0.29, 0.717) is 11.4 Å². The molecule has 0 bridgehead atoms. The van der Waals surface area contributed by atoms with E-state index in [4.69, 9.17) is 14.2 Å². The van der Waals surface area contributed by atoms with Crippen LogP contribution in [0.25, 0.3) is 0 Å². The third kappa shape index (κ3) is 3.73. The number of anilines is 1. The summed E-state index contributed by atoms with van der Waals surface area (Å²) in [4.78, 5) is 31.6. The second-order valence-electron chi connectivity index (χ2n) is 7.96. The molecule has 3 aliphatic rings. The fourth-order valence-electron chi connectivity index (χ4n) is 4.50. The number of imide groups is 1. The average Bonchev–Trinajstić information content (AvgIpc) is 3.37. The van der Waals surface area contributed by atoms with Crippen molar-refractivity contribution >= 4 is 17.5 Å². The molecule has 2 fully saturated rings. The zero-order chi connectivity index (χ0) is 21.4. The minimum absolute atomic E-state index is 0.168. The van der Waals surface area contributed by atoms with Gasteiger partial charge in [-0.25, -0.2) is 4.90 Å². The Morgan fingerprint density at radius 1 is 1.00 bits per heavy atom. The van der Waals surface area contributed by atoms with Gasteiger partial charge in [0.05, 0.1) is 25.3 Å². The number of nitrogens with zero attached hydrogens (tertiary/aromatic N) is 3. The molecule has 0 radical (unpaired) electrons. The minimum Gasteiger partial charge on any atom is -0.495 e. The Morgan fingerprint density at radius 2 is 1.77 bits per heavy atom. The molecule has 8 heteroatoms. The van der Waals surface area contributed by atoms with Gasteiger partial charge < -0.3 is 14.2 Å². The van der Waals surface area contributed by atoms with Crippen molar-refractivity contribution in [3.05, 3.63) is 48.0 Å². The molecule has 0 unspecified atom stereocenters. The van der Waals surface area contributed by atoms with Gasteiger partial charge in [0, 0.05) is 32.7 Å². The fourth-order valence-corrected chi connectivity index (χ4v) is 4.50. The van der Waals surface area contributed by atoms with Gasteiger partial charge in [0.1, 0.15) is 5.75 Å². The van der Waals surface area contributed by atoms with E-state index in [9.17, 15) is 9.59 Å². The fraction of sp³-hybridized carbons (Fsp3) is 0.391. The van der Waals surface area contributed by atoms with Crippen molar-refractivity contribution in [2.24, 2.45) is 0 Å². The maximum absolute atomic E-state index is 13.1. The Hall–Kier alpha value is -3.10. The van der Waals surface area contributed by atoms with Crippen LogP contribution in [-0.2, 0) is 16.1 Å². The van der Waals surface area contributed by atoms with Gasteiger partial charge in [0.2, 0.25) is 12.7 Å². The van der Waals surface area contributed by atoms with Crippen LogP contribution >= 0.6 is 0 Å². The number of hydrogen-bond donors (Lipinski definition) is 0. The van der Waals surface area contributed by atoms with Gasteiger partial charge in [0.15, 0.2) is 11.5 Å². The lowest BCUT2D eigenvalue weighted by molar-refractivity contribution is -0.123. The van der Waals surface area contributed by atoms with E-state index in [1.807, 2.05) is 18.2 Å². The van der Waals surface area contributed by atoms with Crippen LogP contribution < -0.4 is 19.1 Å². The van der Waals surface area contributed by atoms with Crippen LogP contribution in [0.1, 0.15) is 12.0 Å². The molecule has 2 amide bonds. The van der Waals surface area contributed by atoms with Crippen LogP contribution in [0, 0.1) is 0 Å². The van der Waals surface area contributed by atoms with Crippen LogP contribution in [-0.4, -0.2) is 67.7 Å². The maximum atomic E-state index is 13.1. The first-order chi connectivity index (χ1) is 15.1. The number of methoxy groups -OCH3 is 1. The molecule has 1 atom stereocenters. The number of carbonyl (C=O) groups excluding carboxylic acids is 2. The number of amides is 2. The third-order valence-electron chi connectivity index (χ3n) is 6.14. The molecule has 2 saturated heterocycles. The Bertz CT molecular complexity index is 1000. The molecule has 0 aromatic heterocycles. The molecule has 0 spiro atoms. The van der Waals surface area contributed by atoms with E-state index in [0.717, 1.165) is 44.2 Å². The van der Waals surface area contributed by atoms with E-state index in [2.05, 4.69) is 15.9 Å². The predicted octanol–water partition coefficient (Wildman–Crippen LogP) is 1.87. The summed E-state index contributed by atoms with van der Waals surface area (Å²) in [6, 6.07) is 12.8. The summed E-state index contributed by atoms with van der Waals surface area (Å²) < 4.78 is 16.2. The average molecular weight is 423 g/mol. The van der Waals surface area contributed by atoms with Crippen LogP contribution in [0.4, 0.5) is 5.69 Å². The van der Waals surface area contributed by atoms with Crippen molar-refractivity contribution in [2.45, 2.75) is 19.0 Å². The molecule has 3 heterocycles. The SMILES string of the molecule is COc1ccccc1N1C(=O)C[C@@H](N2CCN(Cc3ccc4c(c3)OCO4)CC2)C1=O. The molecular formula is C23H25N3O5. The number of ether oxygens (including phenoxy) is 3. The summed E-state index contributed by atoms with van der Waals surface area (Å²) in [7, 11) is 1.54. The van der Waals surface area contributed by atoms with Gasteiger partial charge in [-0.2, -0.15) is 0 Å². The van der Waals surface area contributed by atoms with Gasteiger partial charge in [-0.3, -0.25) is 19.4 Å². The number of hydrogen-bond acceptors (Lipinski definition) is 7. The number of para-hydroxylation sites is 2.